The number of nitrogens with zero attached hydrogens (tertiary/aromatic N) is 5. The number of hydrogen-bond acceptors (Lipinski definition) is 7. The average Bonchev–Trinajstić information content (AvgIpc) is 3.07. The van der Waals surface area contributed by atoms with Gasteiger partial charge in [-0.25, -0.2) is 18.1 Å². The molecule has 0 radical (unpaired) electrons. The van der Waals surface area contributed by atoms with Crippen LogP contribution >= 0.6 is 0 Å². The van der Waals surface area contributed by atoms with Crippen LogP contribution in [0.4, 0.5) is 5.69 Å². The molecule has 2 aromatic carbocycles. The largest absolute Gasteiger partial charge is 0.439 e. The second-order valence-electron chi connectivity index (χ2n) is 7.69. The van der Waals surface area contributed by atoms with Crippen molar-refractivity contribution in [2.45, 2.75) is 32.6 Å². The van der Waals surface area contributed by atoms with Crippen molar-refractivity contribution >= 4 is 15.7 Å². The minimum absolute atomic E-state index is 0.0650. The molecule has 0 saturated heterocycles. The van der Waals surface area contributed by atoms with E-state index in [2.05, 4.69) is 19.8 Å². The van der Waals surface area contributed by atoms with E-state index in [0.29, 0.717) is 34.5 Å². The molecule has 34 heavy (non-hydrogen) atoms. The lowest BCUT2D eigenvalue weighted by atomic mass is 10.2. The van der Waals surface area contributed by atoms with E-state index in [1.807, 2.05) is 26.8 Å². The van der Waals surface area contributed by atoms with Gasteiger partial charge in [-0.2, -0.15) is 15.3 Å². The van der Waals surface area contributed by atoms with Crippen molar-refractivity contribution < 1.29 is 13.2 Å². The van der Waals surface area contributed by atoms with Gasteiger partial charge >= 0.3 is 0 Å². The van der Waals surface area contributed by atoms with Gasteiger partial charge in [-0.05, 0) is 81.8 Å². The molecule has 0 aliphatic heterocycles. The Morgan fingerprint density at radius 2 is 1.65 bits per heavy atom. The van der Waals surface area contributed by atoms with Gasteiger partial charge in [-0.15, -0.1) is 0 Å². The minimum atomic E-state index is -3.79. The van der Waals surface area contributed by atoms with Crippen LogP contribution in [0.15, 0.2) is 59.5 Å². The van der Waals surface area contributed by atoms with Crippen molar-refractivity contribution in [1.29, 1.82) is 5.26 Å². The molecular formula is C24H22N6O3S. The van der Waals surface area contributed by atoms with E-state index in [1.165, 1.54) is 24.3 Å². The predicted molar refractivity (Wildman–Crippen MR) is 127 cm³/mol. The Labute approximate surface area is 197 Å². The van der Waals surface area contributed by atoms with Crippen molar-refractivity contribution in [2.24, 2.45) is 0 Å². The number of aryl methyl sites for hydroxylation is 2. The van der Waals surface area contributed by atoms with Gasteiger partial charge in [-0.3, -0.25) is 4.72 Å². The van der Waals surface area contributed by atoms with Gasteiger partial charge in [-0.1, -0.05) is 0 Å². The summed E-state index contributed by atoms with van der Waals surface area (Å²) >= 11 is 0. The van der Waals surface area contributed by atoms with Crippen LogP contribution in [0.2, 0.25) is 0 Å². The smallest absolute Gasteiger partial charge is 0.261 e. The molecule has 0 bridgehead atoms. The highest BCUT2D eigenvalue weighted by atomic mass is 32.2. The quantitative estimate of drug-likeness (QED) is 0.440. The number of anilines is 1. The zero-order chi connectivity index (χ0) is 24.5. The van der Waals surface area contributed by atoms with E-state index in [1.54, 1.807) is 41.9 Å². The Morgan fingerprint density at radius 1 is 0.971 bits per heavy atom. The zero-order valence-corrected chi connectivity index (χ0v) is 19.9. The molecule has 2 aromatic heterocycles. The third-order valence-electron chi connectivity index (χ3n) is 5.29. The molecule has 172 valence electrons. The van der Waals surface area contributed by atoms with Crippen molar-refractivity contribution in [3.63, 3.8) is 0 Å². The molecule has 4 rings (SSSR count). The first-order valence-electron chi connectivity index (χ1n) is 10.4. The summed E-state index contributed by atoms with van der Waals surface area (Å²) in [5, 5.41) is 13.4. The summed E-state index contributed by atoms with van der Waals surface area (Å²) in [6.45, 7) is 7.71. The van der Waals surface area contributed by atoms with Gasteiger partial charge in [0.05, 0.1) is 22.2 Å². The summed E-state index contributed by atoms with van der Waals surface area (Å²) in [7, 11) is -3.79. The normalized spacial score (nSPS) is 11.1. The number of benzene rings is 2. The third-order valence-corrected chi connectivity index (χ3v) is 6.69. The van der Waals surface area contributed by atoms with Crippen molar-refractivity contribution in [2.75, 3.05) is 4.72 Å². The molecule has 2 heterocycles. The topological polar surface area (TPSA) is 123 Å². The van der Waals surface area contributed by atoms with E-state index >= 15 is 0 Å². The zero-order valence-electron chi connectivity index (χ0n) is 19.1. The first-order valence-corrected chi connectivity index (χ1v) is 11.8. The first kappa shape index (κ1) is 22.9. The highest BCUT2D eigenvalue weighted by Crippen LogP contribution is 2.25. The molecular weight excluding hydrogens is 452 g/mol. The van der Waals surface area contributed by atoms with Gasteiger partial charge in [0.15, 0.2) is 5.82 Å². The third kappa shape index (κ3) is 4.74. The lowest BCUT2D eigenvalue weighted by Gasteiger charge is -2.11. The van der Waals surface area contributed by atoms with E-state index in [0.717, 1.165) is 17.0 Å². The number of aromatic nitrogens is 4. The predicted octanol–water partition coefficient (Wildman–Crippen LogP) is 4.36. The fourth-order valence-corrected chi connectivity index (χ4v) is 4.32. The van der Waals surface area contributed by atoms with Crippen molar-refractivity contribution in [3.8, 4) is 23.5 Å². The Kier molecular flexibility index (Phi) is 6.04. The van der Waals surface area contributed by atoms with Gasteiger partial charge < -0.3 is 4.74 Å². The minimum Gasteiger partial charge on any atom is -0.439 e. The van der Waals surface area contributed by atoms with Crippen molar-refractivity contribution in [1.82, 2.24) is 19.7 Å². The maximum Gasteiger partial charge on any atom is 0.261 e. The summed E-state index contributed by atoms with van der Waals surface area (Å²) in [5.74, 6) is 1.96. The molecule has 0 spiro atoms. The van der Waals surface area contributed by atoms with Gasteiger partial charge in [0.25, 0.3) is 10.0 Å². The summed E-state index contributed by atoms with van der Waals surface area (Å²) in [5.41, 5.74) is 3.76. The fourth-order valence-electron chi connectivity index (χ4n) is 3.26. The molecule has 9 nitrogen and oxygen atoms in total. The van der Waals surface area contributed by atoms with Crippen LogP contribution in [-0.2, 0) is 10.0 Å². The number of hydrogen-bond donors (Lipinski definition) is 1. The van der Waals surface area contributed by atoms with Gasteiger partial charge in [0, 0.05) is 17.4 Å². The molecule has 0 unspecified atom stereocenters. The standard InChI is InChI=1S/C24H22N6O3S/c1-15-16(2)28-30(17(15)3)23-13-24(27-18(4)26-23)33-21-9-7-20(8-10-21)29-34(31,32)22-11-5-19(14-25)6-12-22/h5-13,29H,1-4H3. The van der Waals surface area contributed by atoms with Crippen LogP contribution in [0.3, 0.4) is 0 Å². The number of rotatable bonds is 6. The molecule has 0 amide bonds. The van der Waals surface area contributed by atoms with Crippen LogP contribution in [0.25, 0.3) is 5.82 Å². The molecule has 0 fully saturated rings. The Bertz CT molecular complexity index is 1500. The number of sulfonamides is 1. The molecule has 0 aliphatic carbocycles. The van der Waals surface area contributed by atoms with Gasteiger partial charge in [0.2, 0.25) is 5.88 Å². The SMILES string of the molecule is Cc1nc(Oc2ccc(NS(=O)(=O)c3ccc(C#N)cc3)cc2)cc(-n2nc(C)c(C)c2C)n1. The lowest BCUT2D eigenvalue weighted by Crippen LogP contribution is -2.12. The number of ether oxygens (including phenoxy) is 1. The van der Waals surface area contributed by atoms with Crippen LogP contribution in [0, 0.1) is 39.0 Å². The highest BCUT2D eigenvalue weighted by Gasteiger charge is 2.15. The maximum atomic E-state index is 12.6. The van der Waals surface area contributed by atoms with E-state index in [9.17, 15) is 8.42 Å². The molecule has 10 heteroatoms. The molecule has 0 aliphatic rings. The van der Waals surface area contributed by atoms with Crippen molar-refractivity contribution in [3.05, 3.63) is 82.9 Å². The molecule has 0 saturated carbocycles. The van der Waals surface area contributed by atoms with E-state index in [-0.39, 0.29) is 4.90 Å². The van der Waals surface area contributed by atoms with Crippen LogP contribution < -0.4 is 9.46 Å². The Balaban J connectivity index is 1.52. The Hall–Kier alpha value is -4.23. The second kappa shape index (κ2) is 8.96. The second-order valence-corrected chi connectivity index (χ2v) is 9.37. The number of nitriles is 1. The number of nitrogens with one attached hydrogen (secondary N) is 1. The first-order chi connectivity index (χ1) is 16.2. The van der Waals surface area contributed by atoms with Crippen LogP contribution in [-0.4, -0.2) is 28.2 Å². The summed E-state index contributed by atoms with van der Waals surface area (Å²) in [4.78, 5) is 8.88. The summed E-state index contributed by atoms with van der Waals surface area (Å²) < 4.78 is 35.3. The molecule has 0 atom stereocenters. The average molecular weight is 475 g/mol. The Morgan fingerprint density at radius 3 is 2.24 bits per heavy atom. The van der Waals surface area contributed by atoms with E-state index in [4.69, 9.17) is 10.00 Å². The monoisotopic (exact) mass is 474 g/mol. The molecule has 1 N–H and O–H groups in total. The molecule has 4 aromatic rings. The summed E-state index contributed by atoms with van der Waals surface area (Å²) in [6.07, 6.45) is 0. The lowest BCUT2D eigenvalue weighted by molar-refractivity contribution is 0.459. The van der Waals surface area contributed by atoms with E-state index < -0.39 is 10.0 Å². The van der Waals surface area contributed by atoms with Crippen LogP contribution in [0.1, 0.15) is 28.3 Å². The maximum absolute atomic E-state index is 12.6. The van der Waals surface area contributed by atoms with Crippen LogP contribution in [0.5, 0.6) is 11.6 Å². The fraction of sp³-hybridized carbons (Fsp3) is 0.167. The summed E-state index contributed by atoms with van der Waals surface area (Å²) in [6, 6.07) is 15.8. The highest BCUT2D eigenvalue weighted by molar-refractivity contribution is 7.92. The van der Waals surface area contributed by atoms with Gasteiger partial charge in [0.1, 0.15) is 11.6 Å².